The number of halogens is 1. The number of aromatic amines is 1. The highest BCUT2D eigenvalue weighted by molar-refractivity contribution is 6.35. The van der Waals surface area contributed by atoms with Crippen molar-refractivity contribution in [1.29, 1.82) is 0 Å². The number of ketones is 1. The maximum atomic E-state index is 12.3. The highest BCUT2D eigenvalue weighted by Gasteiger charge is 2.23. The topological polar surface area (TPSA) is 72.1 Å². The third-order valence-corrected chi connectivity index (χ3v) is 2.93. The summed E-state index contributed by atoms with van der Waals surface area (Å²) < 4.78 is 5.06. The number of carbonyl (C=O) groups is 2. The van der Waals surface area contributed by atoms with Crippen molar-refractivity contribution in [1.82, 2.24) is 9.97 Å². The number of carbonyl (C=O) groups excluding carboxylic acids is 2. The van der Waals surface area contributed by atoms with Crippen molar-refractivity contribution in [3.05, 3.63) is 52.6 Å². The number of hydrogen-bond donors (Lipinski definition) is 1. The Morgan fingerprint density at radius 2 is 2.20 bits per heavy atom. The molecule has 0 aliphatic rings. The molecular formula is C14H13ClN2O3. The Balaban J connectivity index is 2.41. The maximum Gasteiger partial charge on any atom is 0.338 e. The zero-order valence-corrected chi connectivity index (χ0v) is 11.6. The van der Waals surface area contributed by atoms with Gasteiger partial charge in [-0.05, 0) is 18.6 Å². The third-order valence-electron chi connectivity index (χ3n) is 2.61. The van der Waals surface area contributed by atoms with Crippen LogP contribution in [0.5, 0.6) is 0 Å². The molecule has 1 heterocycles. The second-order valence-corrected chi connectivity index (χ2v) is 4.47. The molecule has 0 radical (unpaired) electrons. The van der Waals surface area contributed by atoms with Gasteiger partial charge in [0.1, 0.15) is 0 Å². The number of esters is 1. The van der Waals surface area contributed by atoms with Gasteiger partial charge in [-0.2, -0.15) is 0 Å². The van der Waals surface area contributed by atoms with Crippen LogP contribution < -0.4 is 0 Å². The van der Waals surface area contributed by atoms with Crippen LogP contribution in [0.3, 0.4) is 0 Å². The second kappa shape index (κ2) is 6.34. The van der Waals surface area contributed by atoms with E-state index in [1.807, 2.05) is 6.92 Å². The average Bonchev–Trinajstić information content (AvgIpc) is 2.98. The van der Waals surface area contributed by atoms with Crippen LogP contribution in [0.25, 0.3) is 0 Å². The molecule has 5 nitrogen and oxygen atoms in total. The van der Waals surface area contributed by atoms with Gasteiger partial charge in [0.25, 0.3) is 0 Å². The summed E-state index contributed by atoms with van der Waals surface area (Å²) in [6.45, 7) is 2.18. The van der Waals surface area contributed by atoms with E-state index in [0.29, 0.717) is 13.0 Å². The normalized spacial score (nSPS) is 10.3. The molecule has 0 aliphatic carbocycles. The van der Waals surface area contributed by atoms with Gasteiger partial charge in [0.2, 0.25) is 5.78 Å². The van der Waals surface area contributed by atoms with Gasteiger partial charge in [-0.15, -0.1) is 0 Å². The summed E-state index contributed by atoms with van der Waals surface area (Å²) >= 11 is 6.05. The molecule has 0 unspecified atom stereocenters. The SMILES string of the molecule is CCCOC(=O)c1cccc(Cl)c1C(=O)c1ncc[nH]1. The summed E-state index contributed by atoms with van der Waals surface area (Å²) in [6, 6.07) is 4.66. The van der Waals surface area contributed by atoms with Crippen molar-refractivity contribution >= 4 is 23.4 Å². The monoisotopic (exact) mass is 292 g/mol. The van der Waals surface area contributed by atoms with E-state index in [4.69, 9.17) is 16.3 Å². The van der Waals surface area contributed by atoms with Crippen molar-refractivity contribution in [2.45, 2.75) is 13.3 Å². The summed E-state index contributed by atoms with van der Waals surface area (Å²) in [6.07, 6.45) is 3.69. The Bertz CT molecular complexity index is 623. The number of aromatic nitrogens is 2. The summed E-state index contributed by atoms with van der Waals surface area (Å²) in [7, 11) is 0. The molecule has 2 aromatic rings. The number of H-pyrrole nitrogens is 1. The Hall–Kier alpha value is -2.14. The lowest BCUT2D eigenvalue weighted by Crippen LogP contribution is -2.14. The number of imidazole rings is 1. The fourth-order valence-electron chi connectivity index (χ4n) is 1.71. The standard InChI is InChI=1S/C14H13ClN2O3/c1-2-8-20-14(19)9-4-3-5-10(15)11(9)12(18)13-16-6-7-17-13/h3-7H,2,8H2,1H3,(H,16,17). The number of rotatable bonds is 5. The Morgan fingerprint density at radius 3 is 2.85 bits per heavy atom. The average molecular weight is 293 g/mol. The van der Waals surface area contributed by atoms with Crippen LogP contribution >= 0.6 is 11.6 Å². The van der Waals surface area contributed by atoms with Crippen LogP contribution in [0.4, 0.5) is 0 Å². The van der Waals surface area contributed by atoms with E-state index < -0.39 is 11.8 Å². The molecule has 0 saturated carbocycles. The van der Waals surface area contributed by atoms with Gasteiger partial charge in [-0.1, -0.05) is 24.6 Å². The number of hydrogen-bond acceptors (Lipinski definition) is 4. The van der Waals surface area contributed by atoms with Crippen LogP contribution in [-0.2, 0) is 4.74 Å². The van der Waals surface area contributed by atoms with Crippen molar-refractivity contribution < 1.29 is 14.3 Å². The van der Waals surface area contributed by atoms with Gasteiger partial charge in [0, 0.05) is 12.4 Å². The first-order chi connectivity index (χ1) is 9.65. The van der Waals surface area contributed by atoms with E-state index in [-0.39, 0.29) is 22.0 Å². The Labute approximate surface area is 120 Å². The minimum Gasteiger partial charge on any atom is -0.462 e. The zero-order valence-electron chi connectivity index (χ0n) is 10.9. The van der Waals surface area contributed by atoms with E-state index in [9.17, 15) is 9.59 Å². The van der Waals surface area contributed by atoms with Gasteiger partial charge < -0.3 is 9.72 Å². The minimum atomic E-state index is -0.566. The molecule has 0 atom stereocenters. The van der Waals surface area contributed by atoms with Crippen molar-refractivity contribution in [2.75, 3.05) is 6.61 Å². The second-order valence-electron chi connectivity index (χ2n) is 4.07. The molecule has 20 heavy (non-hydrogen) atoms. The van der Waals surface area contributed by atoms with Gasteiger partial charge >= 0.3 is 5.97 Å². The lowest BCUT2D eigenvalue weighted by Gasteiger charge is -2.09. The molecule has 0 aliphatic heterocycles. The van der Waals surface area contributed by atoms with Gasteiger partial charge in [-0.3, -0.25) is 4.79 Å². The molecule has 1 aromatic heterocycles. The van der Waals surface area contributed by atoms with Crippen LogP contribution in [-0.4, -0.2) is 28.3 Å². The summed E-state index contributed by atoms with van der Waals surface area (Å²) in [5, 5.41) is 0.192. The van der Waals surface area contributed by atoms with Gasteiger partial charge in [-0.25, -0.2) is 9.78 Å². The number of nitrogens with zero attached hydrogens (tertiary/aromatic N) is 1. The first kappa shape index (κ1) is 14.3. The Morgan fingerprint density at radius 1 is 1.40 bits per heavy atom. The third kappa shape index (κ3) is 2.88. The highest BCUT2D eigenvalue weighted by Crippen LogP contribution is 2.23. The first-order valence-corrected chi connectivity index (χ1v) is 6.52. The van der Waals surface area contributed by atoms with Crippen molar-refractivity contribution in [2.24, 2.45) is 0 Å². The lowest BCUT2D eigenvalue weighted by atomic mass is 10.0. The fraction of sp³-hybridized carbons (Fsp3) is 0.214. The van der Waals surface area contributed by atoms with Gasteiger partial charge in [0.15, 0.2) is 5.82 Å². The van der Waals surface area contributed by atoms with Crippen LogP contribution in [0.1, 0.15) is 39.9 Å². The molecule has 0 spiro atoms. The summed E-state index contributed by atoms with van der Waals surface area (Å²) in [5.74, 6) is -0.879. The quantitative estimate of drug-likeness (QED) is 0.679. The molecule has 104 valence electrons. The molecule has 0 bridgehead atoms. The van der Waals surface area contributed by atoms with E-state index >= 15 is 0 Å². The molecule has 6 heteroatoms. The predicted octanol–water partition coefficient (Wildman–Crippen LogP) is 2.86. The number of nitrogens with one attached hydrogen (secondary N) is 1. The van der Waals surface area contributed by atoms with E-state index in [0.717, 1.165) is 0 Å². The lowest BCUT2D eigenvalue weighted by molar-refractivity contribution is 0.0502. The Kier molecular flexibility index (Phi) is 4.53. The van der Waals surface area contributed by atoms with E-state index in [1.165, 1.54) is 18.5 Å². The highest BCUT2D eigenvalue weighted by atomic mass is 35.5. The smallest absolute Gasteiger partial charge is 0.338 e. The molecule has 0 saturated heterocycles. The van der Waals surface area contributed by atoms with Crippen molar-refractivity contribution in [3.63, 3.8) is 0 Å². The molecule has 1 N–H and O–H groups in total. The van der Waals surface area contributed by atoms with Crippen LogP contribution in [0, 0.1) is 0 Å². The number of ether oxygens (including phenoxy) is 1. The summed E-state index contributed by atoms with van der Waals surface area (Å²) in [5.41, 5.74) is 0.248. The zero-order chi connectivity index (χ0) is 14.5. The maximum absolute atomic E-state index is 12.3. The van der Waals surface area contributed by atoms with Gasteiger partial charge in [0.05, 0.1) is 22.8 Å². The summed E-state index contributed by atoms with van der Waals surface area (Å²) in [4.78, 5) is 30.9. The predicted molar refractivity (Wildman–Crippen MR) is 74.0 cm³/mol. The fourth-order valence-corrected chi connectivity index (χ4v) is 1.97. The molecular weight excluding hydrogens is 280 g/mol. The molecule has 0 fully saturated rings. The molecule has 2 rings (SSSR count). The first-order valence-electron chi connectivity index (χ1n) is 6.14. The van der Waals surface area contributed by atoms with Crippen LogP contribution in [0.2, 0.25) is 5.02 Å². The van der Waals surface area contributed by atoms with Crippen LogP contribution in [0.15, 0.2) is 30.6 Å². The van der Waals surface area contributed by atoms with E-state index in [1.54, 1.807) is 12.1 Å². The molecule has 1 aromatic carbocycles. The molecule has 0 amide bonds. The van der Waals surface area contributed by atoms with E-state index in [2.05, 4.69) is 9.97 Å². The number of benzene rings is 1. The van der Waals surface area contributed by atoms with Crippen molar-refractivity contribution in [3.8, 4) is 0 Å². The minimum absolute atomic E-state index is 0.102. The largest absolute Gasteiger partial charge is 0.462 e.